The van der Waals surface area contributed by atoms with Crippen molar-refractivity contribution in [1.29, 1.82) is 0 Å². The number of likely N-dealkylation sites (tertiary alicyclic amines) is 1. The van der Waals surface area contributed by atoms with Gasteiger partial charge in [-0.1, -0.05) is 5.16 Å². The molecule has 2 heterocycles. The Balaban J connectivity index is 2.06. The summed E-state index contributed by atoms with van der Waals surface area (Å²) in [4.78, 5) is 24.5. The van der Waals surface area contributed by atoms with Crippen LogP contribution >= 0.6 is 0 Å². The van der Waals surface area contributed by atoms with Gasteiger partial charge in [-0.25, -0.2) is 0 Å². The summed E-state index contributed by atoms with van der Waals surface area (Å²) in [6, 6.07) is 1.27. The average Bonchev–Trinajstić information content (AvgIpc) is 2.97. The number of methoxy groups -OCH3 is 1. The molecule has 7 nitrogen and oxygen atoms in total. The van der Waals surface area contributed by atoms with Gasteiger partial charge in [0, 0.05) is 25.8 Å². The molecule has 1 saturated heterocycles. The van der Waals surface area contributed by atoms with E-state index in [1.165, 1.54) is 13.2 Å². The Morgan fingerprint density at radius 3 is 3.11 bits per heavy atom. The minimum absolute atomic E-state index is 0.0332. The number of aromatic nitrogens is 1. The van der Waals surface area contributed by atoms with E-state index in [0.29, 0.717) is 18.7 Å². The second-order valence-corrected chi connectivity index (χ2v) is 4.50. The molecule has 7 heteroatoms. The normalized spacial score (nSPS) is 18.8. The van der Waals surface area contributed by atoms with Gasteiger partial charge in [0.1, 0.15) is 6.61 Å². The van der Waals surface area contributed by atoms with Gasteiger partial charge in [0.2, 0.25) is 0 Å². The van der Waals surface area contributed by atoms with Crippen LogP contribution in [0, 0.1) is 0 Å². The lowest BCUT2D eigenvalue weighted by Gasteiger charge is -2.22. The SMILES string of the molecule is COCc1cc(C(=O)N2CCCC2CC(=O)O)no1. The number of carbonyl (C=O) groups excluding carboxylic acids is 1. The minimum Gasteiger partial charge on any atom is -0.481 e. The van der Waals surface area contributed by atoms with Crippen LogP contribution in [-0.2, 0) is 16.1 Å². The molecule has 2 rings (SSSR count). The molecule has 0 radical (unpaired) electrons. The van der Waals surface area contributed by atoms with Crippen LogP contribution in [0.4, 0.5) is 0 Å². The van der Waals surface area contributed by atoms with E-state index in [2.05, 4.69) is 5.16 Å². The molecular formula is C12H16N2O5. The molecule has 1 fully saturated rings. The first-order valence-corrected chi connectivity index (χ1v) is 6.09. The van der Waals surface area contributed by atoms with Gasteiger partial charge in [0.25, 0.3) is 5.91 Å². The van der Waals surface area contributed by atoms with Crippen molar-refractivity contribution in [2.24, 2.45) is 0 Å². The van der Waals surface area contributed by atoms with Gasteiger partial charge in [-0.05, 0) is 12.8 Å². The quantitative estimate of drug-likeness (QED) is 0.852. The first kappa shape index (κ1) is 13.5. The average molecular weight is 268 g/mol. The van der Waals surface area contributed by atoms with E-state index >= 15 is 0 Å². The highest BCUT2D eigenvalue weighted by Crippen LogP contribution is 2.22. The number of nitrogens with zero attached hydrogens (tertiary/aromatic N) is 2. The molecule has 1 amide bonds. The van der Waals surface area contributed by atoms with Crippen molar-refractivity contribution in [3.05, 3.63) is 17.5 Å². The van der Waals surface area contributed by atoms with Gasteiger partial charge in [-0.3, -0.25) is 9.59 Å². The van der Waals surface area contributed by atoms with Crippen LogP contribution in [0.1, 0.15) is 35.5 Å². The highest BCUT2D eigenvalue weighted by Gasteiger charge is 2.32. The van der Waals surface area contributed by atoms with Gasteiger partial charge in [-0.15, -0.1) is 0 Å². The first-order valence-electron chi connectivity index (χ1n) is 6.09. The Hall–Kier alpha value is -1.89. The zero-order valence-corrected chi connectivity index (χ0v) is 10.7. The number of hydrogen-bond acceptors (Lipinski definition) is 5. The third kappa shape index (κ3) is 3.11. The van der Waals surface area contributed by atoms with E-state index in [9.17, 15) is 9.59 Å². The Labute approximate surface area is 110 Å². The van der Waals surface area contributed by atoms with Crippen molar-refractivity contribution in [3.63, 3.8) is 0 Å². The van der Waals surface area contributed by atoms with Crippen LogP contribution in [0.3, 0.4) is 0 Å². The van der Waals surface area contributed by atoms with E-state index in [4.69, 9.17) is 14.4 Å². The van der Waals surface area contributed by atoms with Crippen molar-refractivity contribution in [1.82, 2.24) is 10.1 Å². The fourth-order valence-corrected chi connectivity index (χ4v) is 2.29. The molecule has 0 spiro atoms. The lowest BCUT2D eigenvalue weighted by atomic mass is 10.1. The molecule has 1 aliphatic heterocycles. The molecule has 1 N–H and O–H groups in total. The molecule has 0 bridgehead atoms. The molecule has 0 saturated carbocycles. The number of aliphatic carboxylic acids is 1. The van der Waals surface area contributed by atoms with Crippen LogP contribution in [0.2, 0.25) is 0 Å². The Kier molecular flexibility index (Phi) is 4.16. The number of amides is 1. The summed E-state index contributed by atoms with van der Waals surface area (Å²) in [5, 5.41) is 12.5. The first-order chi connectivity index (χ1) is 9.11. The fourth-order valence-electron chi connectivity index (χ4n) is 2.29. The van der Waals surface area contributed by atoms with Crippen LogP contribution in [0.25, 0.3) is 0 Å². The Morgan fingerprint density at radius 2 is 2.42 bits per heavy atom. The summed E-state index contributed by atoms with van der Waals surface area (Å²) in [6.45, 7) is 0.808. The second kappa shape index (κ2) is 5.83. The fraction of sp³-hybridized carbons (Fsp3) is 0.583. The number of carboxylic acid groups (broad SMARTS) is 1. The molecule has 1 atom stereocenters. The number of carboxylic acids is 1. The molecule has 1 aliphatic rings. The lowest BCUT2D eigenvalue weighted by molar-refractivity contribution is -0.137. The standard InChI is InChI=1S/C12H16N2O5/c1-18-7-9-6-10(13-19-9)12(17)14-4-2-3-8(14)5-11(15)16/h6,8H,2-5,7H2,1H3,(H,15,16). The van der Waals surface area contributed by atoms with E-state index < -0.39 is 5.97 Å². The highest BCUT2D eigenvalue weighted by atomic mass is 16.5. The third-order valence-corrected chi connectivity index (χ3v) is 3.11. The molecule has 1 aromatic heterocycles. The summed E-state index contributed by atoms with van der Waals surface area (Å²) >= 11 is 0. The predicted octanol–water partition coefficient (Wildman–Crippen LogP) is 0.900. The summed E-state index contributed by atoms with van der Waals surface area (Å²) in [5.41, 5.74) is 0.198. The van der Waals surface area contributed by atoms with Gasteiger partial charge >= 0.3 is 5.97 Å². The van der Waals surface area contributed by atoms with Crippen LogP contribution < -0.4 is 0 Å². The van der Waals surface area contributed by atoms with Crippen molar-refractivity contribution in [3.8, 4) is 0 Å². The smallest absolute Gasteiger partial charge is 0.305 e. The summed E-state index contributed by atoms with van der Waals surface area (Å²) in [7, 11) is 1.52. The monoisotopic (exact) mass is 268 g/mol. The minimum atomic E-state index is -0.898. The zero-order chi connectivity index (χ0) is 13.8. The second-order valence-electron chi connectivity index (χ2n) is 4.50. The largest absolute Gasteiger partial charge is 0.481 e. The van der Waals surface area contributed by atoms with Crippen LogP contribution in [0.15, 0.2) is 10.6 Å². The molecule has 104 valence electrons. The van der Waals surface area contributed by atoms with Crippen molar-refractivity contribution < 1.29 is 24.0 Å². The molecule has 0 aliphatic carbocycles. The summed E-state index contributed by atoms with van der Waals surface area (Å²) < 4.78 is 9.85. The topological polar surface area (TPSA) is 92.9 Å². The van der Waals surface area contributed by atoms with E-state index in [1.807, 2.05) is 0 Å². The van der Waals surface area contributed by atoms with Crippen molar-refractivity contribution in [2.45, 2.75) is 31.9 Å². The van der Waals surface area contributed by atoms with Crippen molar-refractivity contribution >= 4 is 11.9 Å². The van der Waals surface area contributed by atoms with Crippen molar-refractivity contribution in [2.75, 3.05) is 13.7 Å². The maximum Gasteiger partial charge on any atom is 0.305 e. The number of rotatable bonds is 5. The summed E-state index contributed by atoms with van der Waals surface area (Å²) in [6.07, 6.45) is 1.49. The number of carbonyl (C=O) groups is 2. The summed E-state index contributed by atoms with van der Waals surface area (Å²) in [5.74, 6) is -0.709. The molecule has 19 heavy (non-hydrogen) atoms. The lowest BCUT2D eigenvalue weighted by Crippen LogP contribution is -2.37. The predicted molar refractivity (Wildman–Crippen MR) is 63.5 cm³/mol. The molecule has 0 aromatic carbocycles. The maximum absolute atomic E-state index is 12.2. The number of ether oxygens (including phenoxy) is 1. The van der Waals surface area contributed by atoms with E-state index in [0.717, 1.165) is 6.42 Å². The zero-order valence-electron chi connectivity index (χ0n) is 10.7. The maximum atomic E-state index is 12.2. The third-order valence-electron chi connectivity index (χ3n) is 3.11. The highest BCUT2D eigenvalue weighted by molar-refractivity contribution is 5.93. The molecular weight excluding hydrogens is 252 g/mol. The van der Waals surface area contributed by atoms with Crippen LogP contribution in [0.5, 0.6) is 0 Å². The van der Waals surface area contributed by atoms with E-state index in [-0.39, 0.29) is 30.7 Å². The van der Waals surface area contributed by atoms with Gasteiger partial charge in [-0.2, -0.15) is 0 Å². The molecule has 1 aromatic rings. The number of hydrogen-bond donors (Lipinski definition) is 1. The van der Waals surface area contributed by atoms with Crippen LogP contribution in [-0.4, -0.2) is 46.7 Å². The van der Waals surface area contributed by atoms with E-state index in [1.54, 1.807) is 4.90 Å². The van der Waals surface area contributed by atoms with Gasteiger partial charge in [0.15, 0.2) is 11.5 Å². The van der Waals surface area contributed by atoms with Gasteiger partial charge in [0.05, 0.1) is 6.42 Å². The Bertz CT molecular complexity index is 470. The molecule has 1 unspecified atom stereocenters. The Morgan fingerprint density at radius 1 is 1.63 bits per heavy atom. The van der Waals surface area contributed by atoms with Gasteiger partial charge < -0.3 is 19.3 Å².